The molecule has 3 rings (SSSR count). The molecule has 2 N–H and O–H groups in total. The van der Waals surface area contributed by atoms with Gasteiger partial charge in [0.05, 0.1) is 5.69 Å². The van der Waals surface area contributed by atoms with E-state index in [0.29, 0.717) is 6.04 Å². The molecule has 1 aromatic heterocycles. The summed E-state index contributed by atoms with van der Waals surface area (Å²) in [5.41, 5.74) is 2.08. The highest BCUT2D eigenvalue weighted by atomic mass is 16.1. The summed E-state index contributed by atoms with van der Waals surface area (Å²) in [4.78, 5) is 14.2. The van der Waals surface area contributed by atoms with E-state index in [4.69, 9.17) is 0 Å². The van der Waals surface area contributed by atoms with Gasteiger partial charge in [0.25, 0.3) is 0 Å². The van der Waals surface area contributed by atoms with Crippen molar-refractivity contribution in [1.29, 1.82) is 0 Å². The number of H-pyrrole nitrogens is 1. The van der Waals surface area contributed by atoms with Crippen molar-refractivity contribution in [2.24, 2.45) is 0 Å². The highest BCUT2D eigenvalue weighted by molar-refractivity contribution is 5.37. The van der Waals surface area contributed by atoms with Gasteiger partial charge in [0.15, 0.2) is 0 Å². The molecule has 2 heterocycles. The van der Waals surface area contributed by atoms with Gasteiger partial charge in [-0.2, -0.15) is 0 Å². The van der Waals surface area contributed by atoms with Gasteiger partial charge in [-0.1, -0.05) is 12.1 Å². The number of hydrogen-bond donors (Lipinski definition) is 2. The predicted molar refractivity (Wildman–Crippen MR) is 66.4 cm³/mol. The fourth-order valence-electron chi connectivity index (χ4n) is 2.38. The topological polar surface area (TPSA) is 49.8 Å². The average molecular weight is 229 g/mol. The second-order valence-electron chi connectivity index (χ2n) is 4.38. The Balaban J connectivity index is 1.99. The van der Waals surface area contributed by atoms with Crippen molar-refractivity contribution in [2.75, 3.05) is 6.54 Å². The van der Waals surface area contributed by atoms with Crippen LogP contribution in [0.3, 0.4) is 0 Å². The largest absolute Gasteiger partial charge is 0.330 e. The zero-order chi connectivity index (χ0) is 11.7. The van der Waals surface area contributed by atoms with E-state index < -0.39 is 0 Å². The van der Waals surface area contributed by atoms with Crippen LogP contribution in [0.4, 0.5) is 0 Å². The Labute approximate surface area is 99.3 Å². The van der Waals surface area contributed by atoms with Gasteiger partial charge >= 0.3 is 5.69 Å². The molecule has 17 heavy (non-hydrogen) atoms. The number of aromatic nitrogens is 2. The smallest absolute Gasteiger partial charge is 0.312 e. The Hall–Kier alpha value is -1.81. The van der Waals surface area contributed by atoms with Crippen LogP contribution in [0.15, 0.2) is 41.5 Å². The predicted octanol–water partition coefficient (Wildman–Crippen LogP) is 1.59. The lowest BCUT2D eigenvalue weighted by molar-refractivity contribution is 0.647. The first-order chi connectivity index (χ1) is 8.34. The van der Waals surface area contributed by atoms with Gasteiger partial charge in [-0.25, -0.2) is 4.79 Å². The highest BCUT2D eigenvalue weighted by Crippen LogP contribution is 2.24. The molecule has 4 heteroatoms. The Kier molecular flexibility index (Phi) is 2.57. The zero-order valence-electron chi connectivity index (χ0n) is 9.52. The van der Waals surface area contributed by atoms with Crippen molar-refractivity contribution in [1.82, 2.24) is 14.9 Å². The van der Waals surface area contributed by atoms with E-state index in [-0.39, 0.29) is 5.69 Å². The maximum atomic E-state index is 11.5. The molecule has 0 aliphatic carbocycles. The lowest BCUT2D eigenvalue weighted by atomic mass is 10.0. The SMILES string of the molecule is O=c1[nH]ccn1-c1cccc(C2CCCN2)c1. The lowest BCUT2D eigenvalue weighted by Gasteiger charge is -2.12. The van der Waals surface area contributed by atoms with Gasteiger partial charge in [-0.05, 0) is 37.1 Å². The molecule has 4 nitrogen and oxygen atoms in total. The number of hydrogen-bond acceptors (Lipinski definition) is 2. The van der Waals surface area contributed by atoms with Gasteiger partial charge in [-0.3, -0.25) is 4.57 Å². The fraction of sp³-hybridized carbons (Fsp3) is 0.308. The molecular formula is C13H15N3O. The number of aromatic amines is 1. The number of benzene rings is 1. The number of rotatable bonds is 2. The minimum absolute atomic E-state index is 0.0958. The Morgan fingerprint density at radius 1 is 1.35 bits per heavy atom. The number of nitrogens with one attached hydrogen (secondary N) is 2. The molecule has 1 fully saturated rings. The van der Waals surface area contributed by atoms with Gasteiger partial charge < -0.3 is 10.3 Å². The summed E-state index contributed by atoms with van der Waals surface area (Å²) in [6.45, 7) is 1.08. The average Bonchev–Trinajstić information content (AvgIpc) is 2.99. The monoisotopic (exact) mass is 229 g/mol. The quantitative estimate of drug-likeness (QED) is 0.821. The fourth-order valence-corrected chi connectivity index (χ4v) is 2.38. The van der Waals surface area contributed by atoms with Crippen LogP contribution >= 0.6 is 0 Å². The van der Waals surface area contributed by atoms with E-state index in [1.807, 2.05) is 12.1 Å². The summed E-state index contributed by atoms with van der Waals surface area (Å²) in [5.74, 6) is 0. The second kappa shape index (κ2) is 4.22. The Morgan fingerprint density at radius 3 is 3.00 bits per heavy atom. The van der Waals surface area contributed by atoms with Gasteiger partial charge in [-0.15, -0.1) is 0 Å². The molecule has 0 spiro atoms. The molecule has 88 valence electrons. The summed E-state index contributed by atoms with van der Waals surface area (Å²) in [6, 6.07) is 8.59. The third-order valence-corrected chi connectivity index (χ3v) is 3.26. The molecule has 1 atom stereocenters. The molecule has 1 saturated heterocycles. The van der Waals surface area contributed by atoms with Gasteiger partial charge in [0, 0.05) is 18.4 Å². The lowest BCUT2D eigenvalue weighted by Crippen LogP contribution is -2.16. The van der Waals surface area contributed by atoms with Crippen molar-refractivity contribution in [3.8, 4) is 5.69 Å². The van der Waals surface area contributed by atoms with E-state index in [1.54, 1.807) is 17.0 Å². The first-order valence-corrected chi connectivity index (χ1v) is 5.94. The zero-order valence-corrected chi connectivity index (χ0v) is 9.52. The minimum Gasteiger partial charge on any atom is -0.312 e. The maximum absolute atomic E-state index is 11.5. The number of imidazole rings is 1. The molecule has 0 amide bonds. The summed E-state index contributed by atoms with van der Waals surface area (Å²) >= 11 is 0. The van der Waals surface area contributed by atoms with Crippen LogP contribution in [-0.2, 0) is 0 Å². The van der Waals surface area contributed by atoms with Crippen molar-refractivity contribution in [3.63, 3.8) is 0 Å². The maximum Gasteiger partial charge on any atom is 0.330 e. The Bertz CT molecular complexity index is 564. The van der Waals surface area contributed by atoms with Crippen LogP contribution in [0.1, 0.15) is 24.4 Å². The molecule has 1 aromatic carbocycles. The normalized spacial score (nSPS) is 19.6. The number of nitrogens with zero attached hydrogens (tertiary/aromatic N) is 1. The highest BCUT2D eigenvalue weighted by Gasteiger charge is 2.16. The van der Waals surface area contributed by atoms with Crippen LogP contribution in [-0.4, -0.2) is 16.1 Å². The van der Waals surface area contributed by atoms with Crippen LogP contribution in [0, 0.1) is 0 Å². The van der Waals surface area contributed by atoms with E-state index in [9.17, 15) is 4.79 Å². The van der Waals surface area contributed by atoms with Crippen LogP contribution in [0.25, 0.3) is 5.69 Å². The summed E-state index contributed by atoms with van der Waals surface area (Å²) in [7, 11) is 0. The van der Waals surface area contributed by atoms with E-state index in [0.717, 1.165) is 12.2 Å². The first kappa shape index (κ1) is 10.4. The van der Waals surface area contributed by atoms with Crippen molar-refractivity contribution >= 4 is 0 Å². The third kappa shape index (κ3) is 1.91. The molecule has 0 bridgehead atoms. The summed E-state index contributed by atoms with van der Waals surface area (Å²) in [6.07, 6.45) is 5.80. The van der Waals surface area contributed by atoms with Crippen LogP contribution in [0.5, 0.6) is 0 Å². The second-order valence-corrected chi connectivity index (χ2v) is 4.38. The molecule has 1 unspecified atom stereocenters. The Morgan fingerprint density at radius 2 is 2.29 bits per heavy atom. The van der Waals surface area contributed by atoms with E-state index in [1.165, 1.54) is 18.4 Å². The first-order valence-electron chi connectivity index (χ1n) is 5.94. The summed E-state index contributed by atoms with van der Waals surface area (Å²) in [5, 5.41) is 3.46. The van der Waals surface area contributed by atoms with Crippen LogP contribution < -0.4 is 11.0 Å². The molecule has 0 saturated carbocycles. The van der Waals surface area contributed by atoms with Crippen molar-refractivity contribution < 1.29 is 0 Å². The van der Waals surface area contributed by atoms with Crippen LogP contribution in [0.2, 0.25) is 0 Å². The molecule has 2 aromatic rings. The van der Waals surface area contributed by atoms with Gasteiger partial charge in [0.1, 0.15) is 0 Å². The standard InChI is InChI=1S/C13H15N3O/c17-13-15-7-8-16(13)11-4-1-3-10(9-11)12-5-2-6-14-12/h1,3-4,7-9,12,14H,2,5-6H2,(H,15,17). The van der Waals surface area contributed by atoms with E-state index in [2.05, 4.69) is 22.4 Å². The minimum atomic E-state index is -0.0958. The van der Waals surface area contributed by atoms with Crippen molar-refractivity contribution in [3.05, 3.63) is 52.7 Å². The molecular weight excluding hydrogens is 214 g/mol. The molecule has 0 radical (unpaired) electrons. The van der Waals surface area contributed by atoms with Crippen molar-refractivity contribution in [2.45, 2.75) is 18.9 Å². The molecule has 1 aliphatic heterocycles. The summed E-state index contributed by atoms with van der Waals surface area (Å²) < 4.78 is 1.62. The third-order valence-electron chi connectivity index (χ3n) is 3.26. The van der Waals surface area contributed by atoms with E-state index >= 15 is 0 Å². The van der Waals surface area contributed by atoms with Gasteiger partial charge in [0.2, 0.25) is 0 Å². The molecule has 1 aliphatic rings.